The molecule has 0 amide bonds. The summed E-state index contributed by atoms with van der Waals surface area (Å²) in [6.45, 7) is 0. The Morgan fingerprint density at radius 2 is 1.35 bits per heavy atom. The summed E-state index contributed by atoms with van der Waals surface area (Å²) < 4.78 is 0. The number of benzene rings is 3. The van der Waals surface area contributed by atoms with E-state index in [-0.39, 0.29) is 5.75 Å². The molecule has 0 aromatic heterocycles. The predicted octanol–water partition coefficient (Wildman–Crippen LogP) is 3.32. The third-order valence-corrected chi connectivity index (χ3v) is 4.03. The molecule has 0 radical (unpaired) electrons. The van der Waals surface area contributed by atoms with E-state index in [2.05, 4.69) is 18.7 Å². The van der Waals surface area contributed by atoms with Gasteiger partial charge in [-0.2, -0.15) is 12.6 Å². The van der Waals surface area contributed by atoms with Crippen LogP contribution in [0.3, 0.4) is 0 Å². The first kappa shape index (κ1) is 13.4. The van der Waals surface area contributed by atoms with Crippen molar-refractivity contribution in [2.24, 2.45) is 0 Å². The highest BCUT2D eigenvalue weighted by atomic mass is 32.1. The van der Waals surface area contributed by atoms with Crippen molar-refractivity contribution in [1.82, 2.24) is 0 Å². The Morgan fingerprint density at radius 1 is 0.850 bits per heavy atom. The summed E-state index contributed by atoms with van der Waals surface area (Å²) in [4.78, 5) is 0. The Kier molecular flexibility index (Phi) is 3.66. The summed E-state index contributed by atoms with van der Waals surface area (Å²) in [5.41, 5.74) is 0.778. The lowest BCUT2D eigenvalue weighted by atomic mass is 9.92. The average molecular weight is 284 g/mol. The van der Waals surface area contributed by atoms with Gasteiger partial charge in [0.2, 0.25) is 0 Å². The number of fused-ring (bicyclic) bond motifs is 2. The highest BCUT2D eigenvalue weighted by Gasteiger charge is 2.21. The summed E-state index contributed by atoms with van der Waals surface area (Å²) in [5, 5.41) is 24.5. The lowest BCUT2D eigenvalue weighted by Crippen LogP contribution is -2.20. The first-order chi connectivity index (χ1) is 9.72. The monoisotopic (exact) mass is 284 g/mol. The standard InChI is InChI=1S/C17H16O2S/c18-15(10-20)17(19)16-13-7-3-1-5-11(13)9-12-6-2-4-8-14(12)16/h1-9,15,17-20H,10H2. The van der Waals surface area contributed by atoms with Gasteiger partial charge in [-0.3, -0.25) is 0 Å². The fourth-order valence-corrected chi connectivity index (χ4v) is 2.86. The maximum absolute atomic E-state index is 10.5. The minimum Gasteiger partial charge on any atom is -0.389 e. The number of aliphatic hydroxyl groups excluding tert-OH is 2. The van der Waals surface area contributed by atoms with Crippen molar-refractivity contribution in [3.63, 3.8) is 0 Å². The average Bonchev–Trinajstić information content (AvgIpc) is 2.51. The van der Waals surface area contributed by atoms with Crippen molar-refractivity contribution in [3.05, 3.63) is 60.2 Å². The van der Waals surface area contributed by atoms with E-state index in [4.69, 9.17) is 0 Å². The molecule has 2 atom stereocenters. The van der Waals surface area contributed by atoms with Crippen molar-refractivity contribution in [2.45, 2.75) is 12.2 Å². The van der Waals surface area contributed by atoms with Gasteiger partial charge in [-0.05, 0) is 33.2 Å². The second-order valence-electron chi connectivity index (χ2n) is 4.93. The number of hydrogen-bond donors (Lipinski definition) is 3. The maximum atomic E-state index is 10.5. The number of hydrogen-bond acceptors (Lipinski definition) is 3. The number of thiol groups is 1. The summed E-state index contributed by atoms with van der Waals surface area (Å²) in [7, 11) is 0. The molecule has 102 valence electrons. The van der Waals surface area contributed by atoms with E-state index in [1.54, 1.807) is 0 Å². The first-order valence-corrected chi connectivity index (χ1v) is 7.23. The third-order valence-electron chi connectivity index (χ3n) is 3.66. The molecule has 3 aromatic rings. The van der Waals surface area contributed by atoms with Crippen molar-refractivity contribution in [1.29, 1.82) is 0 Å². The summed E-state index contributed by atoms with van der Waals surface area (Å²) in [5.74, 6) is 0.221. The smallest absolute Gasteiger partial charge is 0.107 e. The Labute approximate surface area is 123 Å². The van der Waals surface area contributed by atoms with Gasteiger partial charge in [-0.25, -0.2) is 0 Å². The Morgan fingerprint density at radius 3 is 1.85 bits per heavy atom. The molecular formula is C17H16O2S. The number of rotatable bonds is 3. The van der Waals surface area contributed by atoms with Crippen LogP contribution >= 0.6 is 12.6 Å². The van der Waals surface area contributed by atoms with Gasteiger partial charge >= 0.3 is 0 Å². The van der Waals surface area contributed by atoms with E-state index in [0.717, 1.165) is 27.1 Å². The zero-order valence-corrected chi connectivity index (χ0v) is 11.8. The first-order valence-electron chi connectivity index (χ1n) is 6.59. The lowest BCUT2D eigenvalue weighted by Gasteiger charge is -2.20. The van der Waals surface area contributed by atoms with Gasteiger partial charge in [-0.15, -0.1) is 0 Å². The zero-order valence-electron chi connectivity index (χ0n) is 10.9. The molecule has 3 rings (SSSR count). The van der Waals surface area contributed by atoms with Crippen LogP contribution in [0, 0.1) is 0 Å². The van der Waals surface area contributed by atoms with Crippen LogP contribution in [0.4, 0.5) is 0 Å². The molecule has 3 heteroatoms. The Balaban J connectivity index is 2.39. The normalized spacial score (nSPS) is 14.6. The largest absolute Gasteiger partial charge is 0.389 e. The molecule has 20 heavy (non-hydrogen) atoms. The molecule has 3 aromatic carbocycles. The second-order valence-corrected chi connectivity index (χ2v) is 5.29. The zero-order chi connectivity index (χ0) is 14.1. The molecule has 2 unspecified atom stereocenters. The molecule has 2 N–H and O–H groups in total. The molecular weight excluding hydrogens is 268 g/mol. The highest BCUT2D eigenvalue weighted by molar-refractivity contribution is 7.80. The van der Waals surface area contributed by atoms with Crippen LogP contribution in [0.1, 0.15) is 11.7 Å². The summed E-state index contributed by atoms with van der Waals surface area (Å²) in [6, 6.07) is 17.9. The van der Waals surface area contributed by atoms with E-state index >= 15 is 0 Å². The van der Waals surface area contributed by atoms with Gasteiger partial charge in [0, 0.05) is 5.75 Å². The third kappa shape index (κ3) is 2.18. The topological polar surface area (TPSA) is 40.5 Å². The van der Waals surface area contributed by atoms with E-state index in [9.17, 15) is 10.2 Å². The fraction of sp³-hybridized carbons (Fsp3) is 0.176. The minimum atomic E-state index is -0.941. The molecule has 0 saturated heterocycles. The lowest BCUT2D eigenvalue weighted by molar-refractivity contribution is 0.0356. The van der Waals surface area contributed by atoms with Crippen LogP contribution < -0.4 is 0 Å². The summed E-state index contributed by atoms with van der Waals surface area (Å²) in [6.07, 6.45) is -1.82. The fourth-order valence-electron chi connectivity index (χ4n) is 2.66. The minimum absolute atomic E-state index is 0.221. The number of aliphatic hydroxyl groups is 2. The molecule has 0 aliphatic carbocycles. The Hall–Kier alpha value is -1.55. The van der Waals surface area contributed by atoms with Crippen LogP contribution in [0.25, 0.3) is 21.5 Å². The molecule has 0 spiro atoms. The predicted molar refractivity (Wildman–Crippen MR) is 86.3 cm³/mol. The van der Waals surface area contributed by atoms with Crippen molar-refractivity contribution >= 4 is 34.2 Å². The van der Waals surface area contributed by atoms with Gasteiger partial charge in [0.05, 0.1) is 6.10 Å². The van der Waals surface area contributed by atoms with Gasteiger partial charge in [0.1, 0.15) is 6.10 Å². The van der Waals surface area contributed by atoms with Gasteiger partial charge < -0.3 is 10.2 Å². The van der Waals surface area contributed by atoms with Crippen LogP contribution in [-0.4, -0.2) is 22.1 Å². The van der Waals surface area contributed by atoms with Crippen LogP contribution in [0.5, 0.6) is 0 Å². The quantitative estimate of drug-likeness (QED) is 0.510. The van der Waals surface area contributed by atoms with E-state index in [1.165, 1.54) is 0 Å². The molecule has 0 bridgehead atoms. The molecule has 0 fully saturated rings. The van der Waals surface area contributed by atoms with E-state index in [0.29, 0.717) is 0 Å². The van der Waals surface area contributed by atoms with E-state index in [1.807, 2.05) is 48.5 Å². The maximum Gasteiger partial charge on any atom is 0.107 e. The van der Waals surface area contributed by atoms with Crippen LogP contribution in [0.2, 0.25) is 0 Å². The second kappa shape index (κ2) is 5.44. The molecule has 2 nitrogen and oxygen atoms in total. The van der Waals surface area contributed by atoms with Crippen LogP contribution in [0.15, 0.2) is 54.6 Å². The Bertz CT molecular complexity index is 700. The van der Waals surface area contributed by atoms with Crippen molar-refractivity contribution in [2.75, 3.05) is 5.75 Å². The molecule has 0 aliphatic heterocycles. The molecule has 0 heterocycles. The van der Waals surface area contributed by atoms with Crippen molar-refractivity contribution in [3.8, 4) is 0 Å². The summed E-state index contributed by atoms with van der Waals surface area (Å²) >= 11 is 4.08. The van der Waals surface area contributed by atoms with Crippen molar-refractivity contribution < 1.29 is 10.2 Å². The van der Waals surface area contributed by atoms with Gasteiger partial charge in [0.15, 0.2) is 0 Å². The van der Waals surface area contributed by atoms with Crippen LogP contribution in [-0.2, 0) is 0 Å². The van der Waals surface area contributed by atoms with E-state index < -0.39 is 12.2 Å². The highest BCUT2D eigenvalue weighted by Crippen LogP contribution is 2.34. The molecule has 0 saturated carbocycles. The van der Waals surface area contributed by atoms with Gasteiger partial charge in [0.25, 0.3) is 0 Å². The van der Waals surface area contributed by atoms with Gasteiger partial charge in [-0.1, -0.05) is 48.5 Å². The molecule has 0 aliphatic rings. The SMILES string of the molecule is OC(CS)C(O)c1c2ccccc2cc2ccccc12.